The molecule has 1 aromatic heterocycles. The normalized spacial score (nSPS) is 11.5. The van der Waals surface area contributed by atoms with E-state index < -0.39 is 9.05 Å². The zero-order valence-electron chi connectivity index (χ0n) is 7.55. The second kappa shape index (κ2) is 3.96. The van der Waals surface area contributed by atoms with Crippen LogP contribution in [0.3, 0.4) is 0 Å². The van der Waals surface area contributed by atoms with Gasteiger partial charge in [0.2, 0.25) is 0 Å². The molecule has 0 atom stereocenters. The van der Waals surface area contributed by atoms with Crippen molar-refractivity contribution in [2.24, 2.45) is 0 Å². The third-order valence-electron chi connectivity index (χ3n) is 1.97. The van der Waals surface area contributed by atoms with Gasteiger partial charge in [-0.15, -0.1) is 0 Å². The predicted molar refractivity (Wildman–Crippen MR) is 62.8 cm³/mol. The van der Waals surface area contributed by atoms with Crippen molar-refractivity contribution < 1.29 is 8.42 Å². The minimum atomic E-state index is -3.66. The van der Waals surface area contributed by atoms with Gasteiger partial charge < -0.3 is 0 Å². The first-order chi connectivity index (χ1) is 7.09. The maximum atomic E-state index is 11.3. The summed E-state index contributed by atoms with van der Waals surface area (Å²) in [6.07, 6.45) is 0. The zero-order valence-corrected chi connectivity index (χ0v) is 9.94. The summed E-state index contributed by atoms with van der Waals surface area (Å²) < 4.78 is 22.5. The molecule has 0 aliphatic rings. The highest BCUT2D eigenvalue weighted by atomic mass is 35.7. The largest absolute Gasteiger partial charge is 0.262 e. The Hall–Kier alpha value is -0.840. The summed E-state index contributed by atoms with van der Waals surface area (Å²) in [4.78, 5) is 0.181. The van der Waals surface area contributed by atoms with E-state index in [1.807, 2.05) is 30.3 Å². The summed E-state index contributed by atoms with van der Waals surface area (Å²) in [5, 5.41) is 3.33. The van der Waals surface area contributed by atoms with Crippen molar-refractivity contribution >= 4 is 31.1 Å². The van der Waals surface area contributed by atoms with Crippen LogP contribution in [0, 0.1) is 0 Å². The molecule has 2 rings (SSSR count). The van der Waals surface area contributed by atoms with Crippen molar-refractivity contribution in [3.63, 3.8) is 0 Å². The van der Waals surface area contributed by atoms with Gasteiger partial charge in [-0.2, -0.15) is 11.3 Å². The predicted octanol–water partition coefficient (Wildman–Crippen LogP) is 3.34. The highest BCUT2D eigenvalue weighted by Crippen LogP contribution is 2.32. The van der Waals surface area contributed by atoms with Crippen LogP contribution in [0.5, 0.6) is 0 Å². The van der Waals surface area contributed by atoms with Crippen LogP contribution in [0.25, 0.3) is 11.1 Å². The van der Waals surface area contributed by atoms with Gasteiger partial charge in [0, 0.05) is 21.6 Å². The summed E-state index contributed by atoms with van der Waals surface area (Å²) in [5.74, 6) is 0. The Morgan fingerprint density at radius 3 is 2.33 bits per heavy atom. The van der Waals surface area contributed by atoms with Crippen molar-refractivity contribution in [1.29, 1.82) is 0 Å². The fraction of sp³-hybridized carbons (Fsp3) is 0. The summed E-state index contributed by atoms with van der Waals surface area (Å²) in [7, 11) is 1.68. The lowest BCUT2D eigenvalue weighted by molar-refractivity contribution is 0.610. The number of benzene rings is 1. The standard InChI is InChI=1S/C10H7ClO2S2/c11-15(12,13)10-7-14-6-9(10)8-4-2-1-3-5-8/h1-7H. The fourth-order valence-electron chi connectivity index (χ4n) is 1.30. The van der Waals surface area contributed by atoms with Crippen molar-refractivity contribution in [3.8, 4) is 11.1 Å². The molecule has 15 heavy (non-hydrogen) atoms. The lowest BCUT2D eigenvalue weighted by atomic mass is 10.1. The number of rotatable bonds is 2. The van der Waals surface area contributed by atoms with Gasteiger partial charge in [0.05, 0.1) is 0 Å². The second-order valence-electron chi connectivity index (χ2n) is 2.95. The van der Waals surface area contributed by atoms with Crippen LogP contribution in [0.1, 0.15) is 0 Å². The molecule has 0 fully saturated rings. The van der Waals surface area contributed by atoms with Gasteiger partial charge in [-0.1, -0.05) is 30.3 Å². The molecule has 2 nitrogen and oxygen atoms in total. The molecule has 78 valence electrons. The Morgan fingerprint density at radius 1 is 1.07 bits per heavy atom. The number of hydrogen-bond donors (Lipinski definition) is 0. The maximum absolute atomic E-state index is 11.3. The van der Waals surface area contributed by atoms with E-state index in [-0.39, 0.29) is 4.90 Å². The molecule has 0 N–H and O–H groups in total. The molecule has 0 bridgehead atoms. The third kappa shape index (κ3) is 2.22. The van der Waals surface area contributed by atoms with Gasteiger partial charge in [-0.25, -0.2) is 8.42 Å². The maximum Gasteiger partial charge on any atom is 0.262 e. The molecular weight excluding hydrogens is 252 g/mol. The van der Waals surface area contributed by atoms with Gasteiger partial charge in [0.1, 0.15) is 4.90 Å². The molecule has 0 aliphatic heterocycles. The molecule has 2 aromatic rings. The molecule has 1 aromatic carbocycles. The van der Waals surface area contributed by atoms with E-state index in [1.165, 1.54) is 11.3 Å². The van der Waals surface area contributed by atoms with Crippen LogP contribution < -0.4 is 0 Å². The first kappa shape index (κ1) is 10.7. The third-order valence-corrected chi connectivity index (χ3v) is 4.23. The summed E-state index contributed by atoms with van der Waals surface area (Å²) in [6.45, 7) is 0. The van der Waals surface area contributed by atoms with Gasteiger partial charge in [0.25, 0.3) is 9.05 Å². The molecule has 1 heterocycles. The lowest BCUT2D eigenvalue weighted by Gasteiger charge is -2.00. The molecule has 0 radical (unpaired) electrons. The quantitative estimate of drug-likeness (QED) is 0.775. The Labute approximate surface area is 96.6 Å². The lowest BCUT2D eigenvalue weighted by Crippen LogP contribution is -1.90. The van der Waals surface area contributed by atoms with Crippen molar-refractivity contribution in [1.82, 2.24) is 0 Å². The second-order valence-corrected chi connectivity index (χ2v) is 6.23. The van der Waals surface area contributed by atoms with E-state index in [4.69, 9.17) is 10.7 Å². The molecular formula is C10H7ClO2S2. The topological polar surface area (TPSA) is 34.1 Å². The zero-order chi connectivity index (χ0) is 10.9. The van der Waals surface area contributed by atoms with E-state index in [9.17, 15) is 8.42 Å². The molecule has 0 saturated carbocycles. The average molecular weight is 259 g/mol. The van der Waals surface area contributed by atoms with Gasteiger partial charge >= 0.3 is 0 Å². The van der Waals surface area contributed by atoms with Crippen LogP contribution >= 0.6 is 22.0 Å². The monoisotopic (exact) mass is 258 g/mol. The molecule has 5 heteroatoms. The van der Waals surface area contributed by atoms with Crippen LogP contribution in [-0.4, -0.2) is 8.42 Å². The van der Waals surface area contributed by atoms with Gasteiger partial charge in [-0.3, -0.25) is 0 Å². The van der Waals surface area contributed by atoms with E-state index in [2.05, 4.69) is 0 Å². The van der Waals surface area contributed by atoms with Crippen LogP contribution in [0.2, 0.25) is 0 Å². The molecule has 0 saturated heterocycles. The minimum Gasteiger partial charge on any atom is -0.207 e. The first-order valence-electron chi connectivity index (χ1n) is 4.15. The summed E-state index contributed by atoms with van der Waals surface area (Å²) in [6, 6.07) is 9.31. The van der Waals surface area contributed by atoms with Crippen molar-refractivity contribution in [3.05, 3.63) is 41.1 Å². The molecule has 0 amide bonds. The Morgan fingerprint density at radius 2 is 1.73 bits per heavy atom. The van der Waals surface area contributed by atoms with Crippen LogP contribution in [0.15, 0.2) is 46.0 Å². The van der Waals surface area contributed by atoms with Crippen molar-refractivity contribution in [2.75, 3.05) is 0 Å². The first-order valence-corrected chi connectivity index (χ1v) is 7.40. The average Bonchev–Trinajstić information content (AvgIpc) is 2.67. The molecule has 0 unspecified atom stereocenters. The number of thiophene rings is 1. The number of hydrogen-bond acceptors (Lipinski definition) is 3. The van der Waals surface area contributed by atoms with Crippen LogP contribution in [-0.2, 0) is 9.05 Å². The van der Waals surface area contributed by atoms with Crippen LogP contribution in [0.4, 0.5) is 0 Å². The minimum absolute atomic E-state index is 0.181. The Kier molecular flexibility index (Phi) is 2.82. The van der Waals surface area contributed by atoms with Crippen molar-refractivity contribution in [2.45, 2.75) is 4.90 Å². The smallest absolute Gasteiger partial charge is 0.207 e. The van der Waals surface area contributed by atoms with E-state index in [1.54, 1.807) is 10.8 Å². The molecule has 0 aliphatic carbocycles. The fourth-order valence-corrected chi connectivity index (χ4v) is 3.74. The van der Waals surface area contributed by atoms with Gasteiger partial charge in [-0.05, 0) is 10.9 Å². The summed E-state index contributed by atoms with van der Waals surface area (Å²) in [5.41, 5.74) is 1.52. The SMILES string of the molecule is O=S(=O)(Cl)c1cscc1-c1ccccc1. The van der Waals surface area contributed by atoms with E-state index in [0.29, 0.717) is 5.56 Å². The number of halogens is 1. The van der Waals surface area contributed by atoms with Gasteiger partial charge in [0.15, 0.2) is 0 Å². The molecule has 0 spiro atoms. The summed E-state index contributed by atoms with van der Waals surface area (Å²) >= 11 is 1.32. The highest BCUT2D eigenvalue weighted by molar-refractivity contribution is 8.14. The Bertz CT molecular complexity index is 558. The van der Waals surface area contributed by atoms with E-state index >= 15 is 0 Å². The Balaban J connectivity index is 2.61. The highest BCUT2D eigenvalue weighted by Gasteiger charge is 2.17. The van der Waals surface area contributed by atoms with E-state index in [0.717, 1.165) is 5.56 Å².